The fourth-order valence-corrected chi connectivity index (χ4v) is 4.05. The van der Waals surface area contributed by atoms with Gasteiger partial charge in [-0.3, -0.25) is 9.89 Å². The first-order chi connectivity index (χ1) is 11.9. The number of hydrogen-bond acceptors (Lipinski definition) is 4. The Bertz CT molecular complexity index is 875. The van der Waals surface area contributed by atoms with Crippen molar-refractivity contribution in [3.63, 3.8) is 0 Å². The van der Waals surface area contributed by atoms with Crippen molar-refractivity contribution in [2.75, 3.05) is 12.4 Å². The van der Waals surface area contributed by atoms with Gasteiger partial charge in [0, 0.05) is 23.3 Å². The smallest absolute Gasteiger partial charge is 0.162 e. The summed E-state index contributed by atoms with van der Waals surface area (Å²) in [6, 6.07) is 7.72. The Kier molecular flexibility index (Phi) is 3.49. The maximum absolute atomic E-state index is 13.0. The maximum atomic E-state index is 13.0. The van der Waals surface area contributed by atoms with E-state index in [0.717, 1.165) is 46.0 Å². The van der Waals surface area contributed by atoms with E-state index in [1.165, 1.54) is 0 Å². The third-order valence-electron chi connectivity index (χ3n) is 5.19. The van der Waals surface area contributed by atoms with E-state index in [-0.39, 0.29) is 17.2 Å². The number of ether oxygens (including phenoxy) is 1. The van der Waals surface area contributed by atoms with Gasteiger partial charge >= 0.3 is 0 Å². The minimum absolute atomic E-state index is 0.0291. The van der Waals surface area contributed by atoms with Gasteiger partial charge in [0.2, 0.25) is 0 Å². The molecule has 5 nitrogen and oxygen atoms in total. The molecule has 0 bridgehead atoms. The first kappa shape index (κ1) is 15.9. The molecule has 2 heterocycles. The quantitative estimate of drug-likeness (QED) is 0.868. The van der Waals surface area contributed by atoms with Crippen LogP contribution in [0.2, 0.25) is 0 Å². The summed E-state index contributed by atoms with van der Waals surface area (Å²) in [5, 5.41) is 11.0. The molecule has 2 N–H and O–H groups in total. The number of ketones is 1. The number of carbonyl (C=O) groups is 1. The molecule has 5 heteroatoms. The van der Waals surface area contributed by atoms with Gasteiger partial charge in [-0.25, -0.2) is 0 Å². The molecule has 0 amide bonds. The van der Waals surface area contributed by atoms with Gasteiger partial charge in [0.25, 0.3) is 0 Å². The minimum Gasteiger partial charge on any atom is -0.497 e. The van der Waals surface area contributed by atoms with Gasteiger partial charge < -0.3 is 10.1 Å². The van der Waals surface area contributed by atoms with E-state index < -0.39 is 0 Å². The topological polar surface area (TPSA) is 67.0 Å². The van der Waals surface area contributed by atoms with Gasteiger partial charge in [0.15, 0.2) is 11.6 Å². The number of allylic oxidation sites excluding steroid dienone is 1. The van der Waals surface area contributed by atoms with Crippen molar-refractivity contribution in [3.05, 3.63) is 46.7 Å². The lowest BCUT2D eigenvalue weighted by atomic mass is 9.68. The van der Waals surface area contributed by atoms with Crippen LogP contribution in [-0.2, 0) is 4.79 Å². The number of aromatic nitrogens is 2. The Morgan fingerprint density at radius 3 is 2.60 bits per heavy atom. The Morgan fingerprint density at radius 1 is 1.20 bits per heavy atom. The molecule has 2 aromatic rings. The molecule has 1 aliphatic heterocycles. The first-order valence-corrected chi connectivity index (χ1v) is 8.62. The van der Waals surface area contributed by atoms with Crippen molar-refractivity contribution >= 4 is 17.2 Å². The summed E-state index contributed by atoms with van der Waals surface area (Å²) in [6.45, 7) is 6.33. The van der Waals surface area contributed by atoms with Crippen LogP contribution < -0.4 is 10.1 Å². The number of carbonyl (C=O) groups excluding carboxylic acids is 1. The van der Waals surface area contributed by atoms with Gasteiger partial charge in [-0.05, 0) is 42.0 Å². The van der Waals surface area contributed by atoms with Crippen molar-refractivity contribution < 1.29 is 9.53 Å². The Morgan fingerprint density at radius 2 is 1.92 bits per heavy atom. The van der Waals surface area contributed by atoms with Gasteiger partial charge in [-0.1, -0.05) is 26.0 Å². The van der Waals surface area contributed by atoms with Crippen LogP contribution in [0, 0.1) is 12.3 Å². The number of Topliss-reactive ketones (excluding diaryl/α,β-unsaturated/α-hetero) is 1. The van der Waals surface area contributed by atoms with Crippen LogP contribution in [0.25, 0.3) is 5.57 Å². The molecule has 130 valence electrons. The first-order valence-electron chi connectivity index (χ1n) is 8.62. The lowest BCUT2D eigenvalue weighted by molar-refractivity contribution is -0.118. The monoisotopic (exact) mass is 337 g/mol. The number of aryl methyl sites for hydroxylation is 1. The molecule has 4 rings (SSSR count). The average Bonchev–Trinajstić information content (AvgIpc) is 2.94. The zero-order chi connectivity index (χ0) is 17.8. The molecule has 1 aromatic carbocycles. The Hall–Kier alpha value is -2.56. The highest BCUT2D eigenvalue weighted by atomic mass is 16.5. The number of fused-ring (bicyclic) bond motifs is 2. The largest absolute Gasteiger partial charge is 0.497 e. The molecule has 0 fully saturated rings. The number of aromatic amines is 1. The summed E-state index contributed by atoms with van der Waals surface area (Å²) in [5.74, 6) is 1.87. The fraction of sp³-hybridized carbons (Fsp3) is 0.400. The second-order valence-corrected chi connectivity index (χ2v) is 7.76. The van der Waals surface area contributed by atoms with Crippen LogP contribution in [0.4, 0.5) is 5.82 Å². The molecule has 0 saturated heterocycles. The van der Waals surface area contributed by atoms with Gasteiger partial charge in [0.1, 0.15) is 5.75 Å². The van der Waals surface area contributed by atoms with Crippen molar-refractivity contribution in [1.29, 1.82) is 0 Å². The molecule has 0 saturated carbocycles. The number of benzene rings is 1. The van der Waals surface area contributed by atoms with E-state index in [1.54, 1.807) is 7.11 Å². The van der Waals surface area contributed by atoms with Crippen molar-refractivity contribution in [2.45, 2.75) is 39.7 Å². The summed E-state index contributed by atoms with van der Waals surface area (Å²) in [7, 11) is 1.65. The van der Waals surface area contributed by atoms with Crippen molar-refractivity contribution in [2.24, 2.45) is 5.41 Å². The van der Waals surface area contributed by atoms with Crippen LogP contribution in [0.3, 0.4) is 0 Å². The zero-order valence-electron chi connectivity index (χ0n) is 15.1. The average molecular weight is 337 g/mol. The molecule has 1 aromatic heterocycles. The van der Waals surface area contributed by atoms with E-state index in [1.807, 2.05) is 31.2 Å². The summed E-state index contributed by atoms with van der Waals surface area (Å²) >= 11 is 0. The number of H-pyrrole nitrogens is 1. The van der Waals surface area contributed by atoms with E-state index in [2.05, 4.69) is 29.4 Å². The van der Waals surface area contributed by atoms with Crippen LogP contribution in [0.5, 0.6) is 5.75 Å². The van der Waals surface area contributed by atoms with Crippen LogP contribution in [0.1, 0.15) is 49.6 Å². The summed E-state index contributed by atoms with van der Waals surface area (Å²) in [5.41, 5.74) is 5.13. The van der Waals surface area contributed by atoms with Crippen molar-refractivity contribution in [1.82, 2.24) is 10.2 Å². The van der Waals surface area contributed by atoms with Crippen LogP contribution in [0.15, 0.2) is 29.8 Å². The highest BCUT2D eigenvalue weighted by Gasteiger charge is 2.41. The second kappa shape index (κ2) is 5.48. The molecular formula is C20H23N3O2. The molecule has 1 aliphatic carbocycles. The molecule has 2 aliphatic rings. The van der Waals surface area contributed by atoms with Crippen molar-refractivity contribution in [3.8, 4) is 5.75 Å². The number of anilines is 1. The number of rotatable bonds is 2. The SMILES string of the molecule is COc1ccc(C2Nc3n[nH]c(C)c3C3=C2C(=O)CC(C)(C)C3)cc1. The van der Waals surface area contributed by atoms with E-state index >= 15 is 0 Å². The number of methoxy groups -OCH3 is 1. The third kappa shape index (κ3) is 2.54. The Balaban J connectivity index is 1.88. The summed E-state index contributed by atoms with van der Waals surface area (Å²) in [4.78, 5) is 13.0. The van der Waals surface area contributed by atoms with E-state index in [4.69, 9.17) is 4.74 Å². The van der Waals surface area contributed by atoms with Gasteiger partial charge in [-0.2, -0.15) is 5.10 Å². The molecule has 0 radical (unpaired) electrons. The van der Waals surface area contributed by atoms with Crippen LogP contribution in [-0.4, -0.2) is 23.1 Å². The van der Waals surface area contributed by atoms with Gasteiger partial charge in [-0.15, -0.1) is 0 Å². The summed E-state index contributed by atoms with van der Waals surface area (Å²) < 4.78 is 5.25. The highest BCUT2D eigenvalue weighted by molar-refractivity contribution is 6.08. The third-order valence-corrected chi connectivity index (χ3v) is 5.19. The lowest BCUT2D eigenvalue weighted by Gasteiger charge is -2.38. The number of hydrogen-bond donors (Lipinski definition) is 2. The van der Waals surface area contributed by atoms with Gasteiger partial charge in [0.05, 0.1) is 13.2 Å². The normalized spacial score (nSPS) is 21.4. The van der Waals surface area contributed by atoms with E-state index in [0.29, 0.717) is 6.42 Å². The maximum Gasteiger partial charge on any atom is 0.162 e. The zero-order valence-corrected chi connectivity index (χ0v) is 15.1. The molecule has 0 spiro atoms. The highest BCUT2D eigenvalue weighted by Crippen LogP contribution is 2.50. The predicted octanol–water partition coefficient (Wildman–Crippen LogP) is 4.04. The number of nitrogens with zero attached hydrogens (tertiary/aromatic N) is 1. The Labute approximate surface area is 147 Å². The van der Waals surface area contributed by atoms with E-state index in [9.17, 15) is 4.79 Å². The second-order valence-electron chi connectivity index (χ2n) is 7.76. The standard InChI is InChI=1S/C20H23N3O2/c1-11-16-14-9-20(2,3)10-15(24)17(14)18(21-19(16)23-22-11)12-5-7-13(25-4)8-6-12/h5-8,18H,9-10H2,1-4H3,(H2,21,22,23). The fourth-order valence-electron chi connectivity index (χ4n) is 4.05. The van der Waals surface area contributed by atoms with Crippen LogP contribution >= 0.6 is 0 Å². The molecule has 1 atom stereocenters. The molecule has 1 unspecified atom stereocenters. The lowest BCUT2D eigenvalue weighted by Crippen LogP contribution is -2.33. The predicted molar refractivity (Wildman–Crippen MR) is 97.6 cm³/mol. The summed E-state index contributed by atoms with van der Waals surface area (Å²) in [6.07, 6.45) is 1.46. The molecular weight excluding hydrogens is 314 g/mol. The molecule has 25 heavy (non-hydrogen) atoms. The number of nitrogens with one attached hydrogen (secondary N) is 2. The minimum atomic E-state index is -0.167.